The standard InChI is InChI=1S/C18H21NO/c1-5-6-15-7-9-16(10-8-15)19-12-11-14(4)17(13(2)3)18(19)20/h5-13H,1-4H3/b6-5+. The van der Waals surface area contributed by atoms with Gasteiger partial charge in [0.15, 0.2) is 0 Å². The van der Waals surface area contributed by atoms with Gasteiger partial charge in [-0.05, 0) is 49.1 Å². The molecule has 0 N–H and O–H groups in total. The highest BCUT2D eigenvalue weighted by atomic mass is 16.1. The zero-order chi connectivity index (χ0) is 14.7. The van der Waals surface area contributed by atoms with E-state index in [-0.39, 0.29) is 11.5 Å². The fraction of sp³-hybridized carbons (Fsp3) is 0.278. The van der Waals surface area contributed by atoms with Crippen LogP contribution in [0.15, 0.2) is 47.4 Å². The number of aromatic nitrogens is 1. The van der Waals surface area contributed by atoms with Gasteiger partial charge >= 0.3 is 0 Å². The van der Waals surface area contributed by atoms with Gasteiger partial charge in [-0.15, -0.1) is 0 Å². The van der Waals surface area contributed by atoms with Gasteiger partial charge in [0.05, 0.1) is 0 Å². The molecule has 2 rings (SSSR count). The minimum atomic E-state index is 0.0822. The zero-order valence-electron chi connectivity index (χ0n) is 12.6. The summed E-state index contributed by atoms with van der Waals surface area (Å²) in [4.78, 5) is 12.6. The maximum Gasteiger partial charge on any atom is 0.258 e. The molecular weight excluding hydrogens is 246 g/mol. The van der Waals surface area contributed by atoms with E-state index in [1.807, 2.05) is 62.5 Å². The summed E-state index contributed by atoms with van der Waals surface area (Å²) in [5, 5.41) is 0. The van der Waals surface area contributed by atoms with Gasteiger partial charge in [0, 0.05) is 17.4 Å². The summed E-state index contributed by atoms with van der Waals surface area (Å²) in [5.41, 5.74) is 4.08. The average Bonchev–Trinajstić information content (AvgIpc) is 2.40. The minimum absolute atomic E-state index is 0.0822. The van der Waals surface area contributed by atoms with Crippen LogP contribution in [0.3, 0.4) is 0 Å². The molecule has 1 aromatic carbocycles. The Morgan fingerprint density at radius 1 is 1.10 bits per heavy atom. The fourth-order valence-corrected chi connectivity index (χ4v) is 2.49. The lowest BCUT2D eigenvalue weighted by Gasteiger charge is -2.13. The third-order valence-electron chi connectivity index (χ3n) is 3.46. The number of hydrogen-bond donors (Lipinski definition) is 0. The Hall–Kier alpha value is -2.09. The molecule has 20 heavy (non-hydrogen) atoms. The first-order valence-electron chi connectivity index (χ1n) is 7.00. The van der Waals surface area contributed by atoms with Gasteiger partial charge in [-0.1, -0.05) is 38.1 Å². The molecule has 0 saturated heterocycles. The Morgan fingerprint density at radius 3 is 2.30 bits per heavy atom. The summed E-state index contributed by atoms with van der Waals surface area (Å²) in [5.74, 6) is 0.234. The summed E-state index contributed by atoms with van der Waals surface area (Å²) in [6, 6.07) is 10.0. The summed E-state index contributed by atoms with van der Waals surface area (Å²) < 4.78 is 1.72. The second-order valence-corrected chi connectivity index (χ2v) is 5.33. The largest absolute Gasteiger partial charge is 0.284 e. The molecule has 0 bridgehead atoms. The molecule has 0 atom stereocenters. The molecular formula is C18H21NO. The van der Waals surface area contributed by atoms with E-state index in [0.717, 1.165) is 22.4 Å². The molecule has 1 aromatic heterocycles. The predicted octanol–water partition coefficient (Wildman–Crippen LogP) is 4.30. The first kappa shape index (κ1) is 14.3. The van der Waals surface area contributed by atoms with Crippen LogP contribution in [0, 0.1) is 6.92 Å². The Labute approximate surface area is 120 Å². The molecule has 2 nitrogen and oxygen atoms in total. The minimum Gasteiger partial charge on any atom is -0.284 e. The van der Waals surface area contributed by atoms with Gasteiger partial charge in [-0.3, -0.25) is 9.36 Å². The van der Waals surface area contributed by atoms with Gasteiger partial charge in [0.25, 0.3) is 5.56 Å². The van der Waals surface area contributed by atoms with Gasteiger partial charge in [-0.2, -0.15) is 0 Å². The lowest BCUT2D eigenvalue weighted by Crippen LogP contribution is -2.23. The van der Waals surface area contributed by atoms with Crippen LogP contribution in [0.5, 0.6) is 0 Å². The van der Waals surface area contributed by atoms with Crippen LogP contribution in [0.25, 0.3) is 11.8 Å². The second-order valence-electron chi connectivity index (χ2n) is 5.33. The molecule has 2 aromatic rings. The SMILES string of the molecule is C/C=C/c1ccc(-n2ccc(C)c(C(C)C)c2=O)cc1. The first-order chi connectivity index (χ1) is 9.54. The van der Waals surface area contributed by atoms with Crippen LogP contribution in [0.2, 0.25) is 0 Å². The Morgan fingerprint density at radius 2 is 1.75 bits per heavy atom. The van der Waals surface area contributed by atoms with Crippen LogP contribution in [0.1, 0.15) is 43.4 Å². The number of hydrogen-bond acceptors (Lipinski definition) is 1. The maximum absolute atomic E-state index is 12.6. The number of aryl methyl sites for hydroxylation is 1. The van der Waals surface area contributed by atoms with Crippen LogP contribution < -0.4 is 5.56 Å². The summed E-state index contributed by atoms with van der Waals surface area (Å²) >= 11 is 0. The predicted molar refractivity (Wildman–Crippen MR) is 85.6 cm³/mol. The second kappa shape index (κ2) is 5.91. The highest BCUT2D eigenvalue weighted by Crippen LogP contribution is 2.16. The third-order valence-corrected chi connectivity index (χ3v) is 3.46. The van der Waals surface area contributed by atoms with Gasteiger partial charge in [0.1, 0.15) is 0 Å². The van der Waals surface area contributed by atoms with Gasteiger partial charge in [-0.25, -0.2) is 0 Å². The van der Waals surface area contributed by atoms with E-state index in [2.05, 4.69) is 13.8 Å². The molecule has 0 spiro atoms. The molecule has 0 aliphatic carbocycles. The normalized spacial score (nSPS) is 11.4. The number of rotatable bonds is 3. The quantitative estimate of drug-likeness (QED) is 0.812. The van der Waals surface area contributed by atoms with Crippen molar-refractivity contribution < 1.29 is 0 Å². The van der Waals surface area contributed by atoms with E-state index in [0.29, 0.717) is 0 Å². The molecule has 104 valence electrons. The zero-order valence-corrected chi connectivity index (χ0v) is 12.6. The van der Waals surface area contributed by atoms with Crippen LogP contribution in [0.4, 0.5) is 0 Å². The van der Waals surface area contributed by atoms with E-state index in [1.54, 1.807) is 4.57 Å². The van der Waals surface area contributed by atoms with E-state index < -0.39 is 0 Å². The van der Waals surface area contributed by atoms with Crippen molar-refractivity contribution in [3.8, 4) is 5.69 Å². The van der Waals surface area contributed by atoms with E-state index in [1.165, 1.54) is 0 Å². The molecule has 0 radical (unpaired) electrons. The Kier molecular flexibility index (Phi) is 4.23. The molecule has 1 heterocycles. The maximum atomic E-state index is 12.6. The van der Waals surface area contributed by atoms with E-state index in [9.17, 15) is 4.79 Å². The van der Waals surface area contributed by atoms with Crippen LogP contribution in [-0.2, 0) is 0 Å². The Bertz CT molecular complexity index is 676. The summed E-state index contributed by atoms with van der Waals surface area (Å²) in [6.45, 7) is 8.11. The lowest BCUT2D eigenvalue weighted by atomic mass is 10.00. The number of nitrogens with zero attached hydrogens (tertiary/aromatic N) is 1. The van der Waals surface area contributed by atoms with Gasteiger partial charge in [0.2, 0.25) is 0 Å². The molecule has 0 aliphatic heterocycles. The van der Waals surface area contributed by atoms with Gasteiger partial charge < -0.3 is 0 Å². The highest BCUT2D eigenvalue weighted by molar-refractivity contribution is 5.51. The molecule has 0 unspecified atom stereocenters. The highest BCUT2D eigenvalue weighted by Gasteiger charge is 2.11. The number of pyridine rings is 1. The van der Waals surface area contributed by atoms with Crippen molar-refractivity contribution in [3.05, 3.63) is 69.6 Å². The number of benzene rings is 1. The van der Waals surface area contributed by atoms with E-state index in [4.69, 9.17) is 0 Å². The topological polar surface area (TPSA) is 22.0 Å². The van der Waals surface area contributed by atoms with Crippen molar-refractivity contribution in [1.29, 1.82) is 0 Å². The van der Waals surface area contributed by atoms with Crippen molar-refractivity contribution in [2.45, 2.75) is 33.6 Å². The van der Waals surface area contributed by atoms with E-state index >= 15 is 0 Å². The molecule has 0 fully saturated rings. The molecule has 0 amide bonds. The smallest absolute Gasteiger partial charge is 0.258 e. The average molecular weight is 267 g/mol. The molecule has 0 saturated carbocycles. The van der Waals surface area contributed by atoms with Crippen LogP contribution in [-0.4, -0.2) is 4.57 Å². The summed E-state index contributed by atoms with van der Waals surface area (Å²) in [7, 11) is 0. The van der Waals surface area contributed by atoms with Crippen LogP contribution >= 0.6 is 0 Å². The third kappa shape index (κ3) is 2.74. The molecule has 2 heteroatoms. The fourth-order valence-electron chi connectivity index (χ4n) is 2.49. The van der Waals surface area contributed by atoms with Crippen molar-refractivity contribution in [2.75, 3.05) is 0 Å². The first-order valence-corrected chi connectivity index (χ1v) is 7.00. The van der Waals surface area contributed by atoms with Crippen molar-refractivity contribution in [3.63, 3.8) is 0 Å². The van der Waals surface area contributed by atoms with Crippen molar-refractivity contribution in [1.82, 2.24) is 4.57 Å². The summed E-state index contributed by atoms with van der Waals surface area (Å²) in [6.07, 6.45) is 5.90. The number of allylic oxidation sites excluding steroid dienone is 1. The Balaban J connectivity index is 2.53. The molecule has 0 aliphatic rings. The lowest BCUT2D eigenvalue weighted by molar-refractivity contribution is 0.809. The van der Waals surface area contributed by atoms with Crippen molar-refractivity contribution in [2.24, 2.45) is 0 Å². The monoisotopic (exact) mass is 267 g/mol. The van der Waals surface area contributed by atoms with Crippen molar-refractivity contribution >= 4 is 6.08 Å².